The zero-order valence-corrected chi connectivity index (χ0v) is 23.6. The van der Waals surface area contributed by atoms with E-state index in [9.17, 15) is 17.4 Å². The van der Waals surface area contributed by atoms with Gasteiger partial charge < -0.3 is 20.1 Å². The lowest BCUT2D eigenvalue weighted by Crippen LogP contribution is -2.56. The van der Waals surface area contributed by atoms with Crippen LogP contribution in [0.2, 0.25) is 0 Å². The zero-order valence-electron chi connectivity index (χ0n) is 22.8. The lowest BCUT2D eigenvalue weighted by molar-refractivity contribution is -0.192. The number of ether oxygens (including phenoxy) is 1. The van der Waals surface area contributed by atoms with Crippen molar-refractivity contribution in [3.63, 3.8) is 0 Å². The largest absolute Gasteiger partial charge is 0.490 e. The standard InChI is InChI=1S/C24H27FN6O3S.C2HF3O2/c1-23(14-35(32,27-2)24(22(26)30-23)8-4-5-9-24)16-10-15(6-7-17(16)25)20-11-18(31-34-20)19-12-29-21(33-3)13-28-19;3-2(4,5)1(6)7/h6-7,10-13H,4-5,8-9,14H2,1-3H3,(H2,26,30);(H,6,7)/t23-,35+;/m0./s1. The molecule has 1 aliphatic carbocycles. The average molecular weight is 613 g/mol. The van der Waals surface area contributed by atoms with Gasteiger partial charge in [-0.2, -0.15) is 13.2 Å². The van der Waals surface area contributed by atoms with Gasteiger partial charge >= 0.3 is 12.1 Å². The summed E-state index contributed by atoms with van der Waals surface area (Å²) in [5.74, 6) is -2.01. The fraction of sp³-hybridized carbons (Fsp3) is 0.423. The third-order valence-corrected chi connectivity index (χ3v) is 10.7. The molecule has 0 bridgehead atoms. The molecule has 3 aromatic rings. The number of methoxy groups -OCH3 is 1. The van der Waals surface area contributed by atoms with Crippen LogP contribution in [0, 0.1) is 5.82 Å². The number of carbonyl (C=O) groups is 1. The summed E-state index contributed by atoms with van der Waals surface area (Å²) in [6.07, 6.45) is 1.16. The number of rotatable bonds is 4. The summed E-state index contributed by atoms with van der Waals surface area (Å²) in [7, 11) is 0.307. The average Bonchev–Trinajstić information content (AvgIpc) is 3.64. The lowest BCUT2D eigenvalue weighted by Gasteiger charge is -2.42. The molecule has 5 rings (SSSR count). The van der Waals surface area contributed by atoms with Crippen molar-refractivity contribution in [1.29, 1.82) is 0 Å². The van der Waals surface area contributed by atoms with Crippen LogP contribution in [0.3, 0.4) is 0 Å². The molecule has 0 unspecified atom stereocenters. The van der Waals surface area contributed by atoms with Crippen LogP contribution in [0.15, 0.2) is 50.5 Å². The van der Waals surface area contributed by atoms with Crippen LogP contribution in [0.4, 0.5) is 17.6 Å². The van der Waals surface area contributed by atoms with Gasteiger partial charge in [0.25, 0.3) is 0 Å². The van der Waals surface area contributed by atoms with Crippen LogP contribution in [0.5, 0.6) is 5.88 Å². The molecule has 11 nitrogen and oxygen atoms in total. The highest BCUT2D eigenvalue weighted by Gasteiger charge is 2.54. The first kappa shape index (κ1) is 30.9. The predicted octanol–water partition coefficient (Wildman–Crippen LogP) is 4.58. The van der Waals surface area contributed by atoms with E-state index in [1.807, 2.05) is 0 Å². The Balaban J connectivity index is 0.000000517. The van der Waals surface area contributed by atoms with E-state index in [1.165, 1.54) is 25.6 Å². The quantitative estimate of drug-likeness (QED) is 0.401. The van der Waals surface area contributed by atoms with Crippen LogP contribution in [-0.2, 0) is 20.1 Å². The number of hydrogen-bond acceptors (Lipinski definition) is 10. The monoisotopic (exact) mass is 612 g/mol. The summed E-state index contributed by atoms with van der Waals surface area (Å²) in [5.41, 5.74) is 7.18. The van der Waals surface area contributed by atoms with Crippen LogP contribution < -0.4 is 10.5 Å². The van der Waals surface area contributed by atoms with Crippen molar-refractivity contribution in [3.8, 4) is 28.6 Å². The van der Waals surface area contributed by atoms with Gasteiger partial charge in [0.2, 0.25) is 5.88 Å². The summed E-state index contributed by atoms with van der Waals surface area (Å²) >= 11 is 0. The Bertz CT molecular complexity index is 1630. The van der Waals surface area contributed by atoms with Crippen molar-refractivity contribution in [2.45, 2.75) is 49.1 Å². The second-order valence-corrected chi connectivity index (χ2v) is 12.7. The molecule has 226 valence electrons. The molecule has 3 N–H and O–H groups in total. The molecule has 1 aromatic carbocycles. The third-order valence-electron chi connectivity index (χ3n) is 7.31. The van der Waals surface area contributed by atoms with Crippen molar-refractivity contribution < 1.29 is 40.9 Å². The van der Waals surface area contributed by atoms with Crippen molar-refractivity contribution in [3.05, 3.63) is 48.0 Å². The molecule has 16 heteroatoms. The number of aromatic nitrogens is 3. The molecule has 2 aromatic heterocycles. The molecule has 0 amide bonds. The van der Waals surface area contributed by atoms with Gasteiger partial charge in [-0.25, -0.2) is 27.7 Å². The van der Waals surface area contributed by atoms with E-state index < -0.39 is 38.0 Å². The maximum atomic E-state index is 15.2. The summed E-state index contributed by atoms with van der Waals surface area (Å²) in [5, 5.41) is 11.2. The number of nitrogens with two attached hydrogens (primary N) is 1. The molecule has 1 fully saturated rings. The molecule has 2 atom stereocenters. The molecule has 1 aliphatic heterocycles. The van der Waals surface area contributed by atoms with Crippen molar-refractivity contribution in [2.24, 2.45) is 15.1 Å². The van der Waals surface area contributed by atoms with E-state index in [4.69, 9.17) is 29.9 Å². The molecule has 3 heterocycles. The predicted molar refractivity (Wildman–Crippen MR) is 145 cm³/mol. The van der Waals surface area contributed by atoms with Crippen molar-refractivity contribution in [1.82, 2.24) is 15.1 Å². The Morgan fingerprint density at radius 2 is 1.83 bits per heavy atom. The van der Waals surface area contributed by atoms with Gasteiger partial charge in [-0.15, -0.1) is 0 Å². The van der Waals surface area contributed by atoms with Gasteiger partial charge in [-0.05, 0) is 38.0 Å². The number of nitrogens with zero attached hydrogens (tertiary/aromatic N) is 5. The number of alkyl halides is 3. The highest BCUT2D eigenvalue weighted by molar-refractivity contribution is 7.95. The van der Waals surface area contributed by atoms with Crippen LogP contribution in [-0.4, -0.2) is 67.1 Å². The minimum Gasteiger partial charge on any atom is -0.480 e. The topological polar surface area (TPSA) is 166 Å². The Hall–Kier alpha value is -4.08. The van der Waals surface area contributed by atoms with Gasteiger partial charge in [0.1, 0.15) is 33.3 Å². The summed E-state index contributed by atoms with van der Waals surface area (Å²) in [6.45, 7) is 1.76. The number of halogens is 4. The van der Waals surface area contributed by atoms with Gasteiger partial charge in [-0.1, -0.05) is 18.0 Å². The number of aliphatic carboxylic acids is 1. The molecule has 0 radical (unpaired) electrons. The van der Waals surface area contributed by atoms with E-state index in [0.717, 1.165) is 12.8 Å². The summed E-state index contributed by atoms with van der Waals surface area (Å²) in [6, 6.07) is 6.30. The van der Waals surface area contributed by atoms with Gasteiger partial charge in [-0.3, -0.25) is 4.99 Å². The first-order valence-corrected chi connectivity index (χ1v) is 14.3. The van der Waals surface area contributed by atoms with Gasteiger partial charge in [0, 0.05) is 24.2 Å². The summed E-state index contributed by atoms with van der Waals surface area (Å²) in [4.78, 5) is 22.1. The van der Waals surface area contributed by atoms with Crippen LogP contribution in [0.1, 0.15) is 38.2 Å². The van der Waals surface area contributed by atoms with Crippen molar-refractivity contribution >= 4 is 21.5 Å². The number of hydrogen-bond donors (Lipinski definition) is 2. The second-order valence-electron chi connectivity index (χ2n) is 9.96. The molecular formula is C26H28F4N6O5S. The molecule has 0 saturated heterocycles. The summed E-state index contributed by atoms with van der Waals surface area (Å²) < 4.78 is 75.2. The molecule has 2 aliphatic rings. The Kier molecular flexibility index (Phi) is 8.31. The van der Waals surface area contributed by atoms with Gasteiger partial charge in [0.05, 0.1) is 35.0 Å². The maximum Gasteiger partial charge on any atom is 0.490 e. The SMILES string of the molecule is CN=[S@@]1(=O)C[C@@](C)(c2cc(-c3cc(-c4cnc(OC)cn4)no3)ccc2F)N=C(N)C12CCCC2.O=C(O)C(F)(F)F. The highest BCUT2D eigenvalue weighted by Crippen LogP contribution is 2.46. The lowest BCUT2D eigenvalue weighted by atomic mass is 9.91. The number of amidine groups is 1. The van der Waals surface area contributed by atoms with E-state index in [-0.39, 0.29) is 11.3 Å². The minimum absolute atomic E-state index is 0.0979. The van der Waals surface area contributed by atoms with Crippen LogP contribution in [0.25, 0.3) is 22.7 Å². The van der Waals surface area contributed by atoms with Gasteiger partial charge in [0.15, 0.2) is 5.76 Å². The number of carboxylic acids is 1. The smallest absolute Gasteiger partial charge is 0.480 e. The third kappa shape index (κ3) is 5.67. The Labute approximate surface area is 238 Å². The zero-order chi connectivity index (χ0) is 30.9. The number of aliphatic imine (C=N–C) groups is 1. The fourth-order valence-electron chi connectivity index (χ4n) is 5.16. The molecular weight excluding hydrogens is 584 g/mol. The van der Waals surface area contributed by atoms with E-state index in [2.05, 4.69) is 19.5 Å². The number of benzene rings is 1. The highest BCUT2D eigenvalue weighted by atomic mass is 32.2. The van der Waals surface area contributed by atoms with E-state index in [1.54, 1.807) is 32.2 Å². The Morgan fingerprint density at radius 1 is 1.17 bits per heavy atom. The first-order chi connectivity index (χ1) is 19.7. The van der Waals surface area contributed by atoms with Crippen molar-refractivity contribution in [2.75, 3.05) is 19.9 Å². The van der Waals surface area contributed by atoms with E-state index >= 15 is 4.39 Å². The molecule has 1 spiro atoms. The van der Waals surface area contributed by atoms with Crippen LogP contribution >= 0.6 is 0 Å². The first-order valence-electron chi connectivity index (χ1n) is 12.6. The normalized spacial score (nSPS) is 23.1. The number of carboxylic acid groups (broad SMARTS) is 1. The van der Waals surface area contributed by atoms with E-state index in [0.29, 0.717) is 47.3 Å². The minimum atomic E-state index is -5.08. The maximum absolute atomic E-state index is 15.2. The Morgan fingerprint density at radius 3 is 2.38 bits per heavy atom. The fourth-order valence-corrected chi connectivity index (χ4v) is 8.19. The second kappa shape index (κ2) is 11.3. The molecule has 42 heavy (non-hydrogen) atoms. The molecule has 1 saturated carbocycles.